The Balaban J connectivity index is 2.54. The molecule has 1 aromatic heterocycles. The topological polar surface area (TPSA) is 71.8 Å². The lowest BCUT2D eigenvalue weighted by Gasteiger charge is -2.00. The van der Waals surface area contributed by atoms with Crippen molar-refractivity contribution in [1.29, 1.82) is 0 Å². The number of aromatic amines is 1. The molecule has 0 spiro atoms. The summed E-state index contributed by atoms with van der Waals surface area (Å²) in [7, 11) is 0. The Kier molecular flexibility index (Phi) is 2.40. The second-order valence-corrected chi connectivity index (χ2v) is 3.35. The van der Waals surface area contributed by atoms with Gasteiger partial charge in [-0.25, -0.2) is 4.39 Å². The van der Waals surface area contributed by atoms with Gasteiger partial charge in [-0.05, 0) is 18.6 Å². The molecule has 82 valence electrons. The number of hydrogen-bond acceptors (Lipinski definition) is 3. The van der Waals surface area contributed by atoms with E-state index >= 15 is 0 Å². The molecule has 1 aromatic carbocycles. The van der Waals surface area contributed by atoms with Crippen LogP contribution in [0.3, 0.4) is 0 Å². The van der Waals surface area contributed by atoms with Crippen LogP contribution < -0.4 is 0 Å². The number of hydrogen-bond donors (Lipinski definition) is 1. The van der Waals surface area contributed by atoms with Crippen molar-refractivity contribution in [2.75, 3.05) is 0 Å². The van der Waals surface area contributed by atoms with Gasteiger partial charge in [-0.15, -0.1) is 0 Å². The number of nitrogens with one attached hydrogen (secondary N) is 1. The summed E-state index contributed by atoms with van der Waals surface area (Å²) in [4.78, 5) is 10.1. The van der Waals surface area contributed by atoms with E-state index in [1.165, 1.54) is 6.07 Å². The Bertz CT molecular complexity index is 551. The molecule has 0 amide bonds. The van der Waals surface area contributed by atoms with Crippen LogP contribution in [0.1, 0.15) is 5.56 Å². The van der Waals surface area contributed by atoms with Crippen LogP contribution in [0.2, 0.25) is 0 Å². The van der Waals surface area contributed by atoms with Crippen molar-refractivity contribution in [1.82, 2.24) is 10.2 Å². The molecule has 0 bridgehead atoms. The normalized spacial score (nSPS) is 10.4. The van der Waals surface area contributed by atoms with Gasteiger partial charge in [-0.2, -0.15) is 5.10 Å². The number of benzene rings is 1. The van der Waals surface area contributed by atoms with Gasteiger partial charge >= 0.3 is 5.69 Å². The third-order valence-corrected chi connectivity index (χ3v) is 2.28. The van der Waals surface area contributed by atoms with Gasteiger partial charge in [-0.1, -0.05) is 12.1 Å². The first-order valence-electron chi connectivity index (χ1n) is 4.54. The average Bonchev–Trinajstić information content (AvgIpc) is 2.71. The highest BCUT2D eigenvalue weighted by atomic mass is 19.1. The van der Waals surface area contributed by atoms with Gasteiger partial charge in [0, 0.05) is 5.56 Å². The first-order chi connectivity index (χ1) is 7.59. The van der Waals surface area contributed by atoms with Gasteiger partial charge in [0.05, 0.1) is 4.92 Å². The molecule has 2 aromatic rings. The van der Waals surface area contributed by atoms with Crippen LogP contribution in [-0.4, -0.2) is 15.1 Å². The first kappa shape index (κ1) is 10.3. The molecular weight excluding hydrogens is 213 g/mol. The molecule has 0 aliphatic heterocycles. The van der Waals surface area contributed by atoms with E-state index in [0.29, 0.717) is 11.1 Å². The van der Waals surface area contributed by atoms with E-state index in [1.807, 2.05) is 0 Å². The summed E-state index contributed by atoms with van der Waals surface area (Å²) in [6.45, 7) is 1.63. The minimum atomic E-state index is -0.559. The van der Waals surface area contributed by atoms with Crippen LogP contribution in [0.25, 0.3) is 11.3 Å². The van der Waals surface area contributed by atoms with Crippen molar-refractivity contribution in [2.45, 2.75) is 6.92 Å². The van der Waals surface area contributed by atoms with Gasteiger partial charge in [0.1, 0.15) is 17.7 Å². The summed E-state index contributed by atoms with van der Waals surface area (Å²) in [6, 6.07) is 4.42. The number of H-pyrrole nitrogens is 1. The first-order valence-corrected chi connectivity index (χ1v) is 4.54. The fourth-order valence-electron chi connectivity index (χ4n) is 1.38. The van der Waals surface area contributed by atoms with Crippen molar-refractivity contribution in [3.8, 4) is 11.3 Å². The molecule has 1 heterocycles. The molecule has 0 fully saturated rings. The smallest absolute Gasteiger partial charge is 0.271 e. The number of aromatic nitrogens is 2. The number of rotatable bonds is 2. The monoisotopic (exact) mass is 221 g/mol. The minimum Gasteiger partial charge on any atom is -0.271 e. The highest BCUT2D eigenvalue weighted by Crippen LogP contribution is 2.27. The zero-order chi connectivity index (χ0) is 11.7. The lowest BCUT2D eigenvalue weighted by atomic mass is 10.1. The Hall–Kier alpha value is -2.24. The molecule has 0 saturated heterocycles. The van der Waals surface area contributed by atoms with Crippen molar-refractivity contribution < 1.29 is 9.31 Å². The Labute approximate surface area is 90.1 Å². The second-order valence-electron chi connectivity index (χ2n) is 3.35. The van der Waals surface area contributed by atoms with E-state index in [4.69, 9.17) is 0 Å². The molecule has 2 rings (SSSR count). The zero-order valence-corrected chi connectivity index (χ0v) is 8.40. The highest BCUT2D eigenvalue weighted by Gasteiger charge is 2.18. The van der Waals surface area contributed by atoms with E-state index in [9.17, 15) is 14.5 Å². The fourth-order valence-corrected chi connectivity index (χ4v) is 1.38. The second kappa shape index (κ2) is 3.73. The fraction of sp³-hybridized carbons (Fsp3) is 0.100. The van der Waals surface area contributed by atoms with Crippen LogP contribution in [0.4, 0.5) is 10.1 Å². The predicted molar refractivity (Wildman–Crippen MR) is 55.4 cm³/mol. The highest BCUT2D eigenvalue weighted by molar-refractivity contribution is 5.68. The van der Waals surface area contributed by atoms with E-state index in [1.54, 1.807) is 19.1 Å². The summed E-state index contributed by atoms with van der Waals surface area (Å²) in [5.41, 5.74) is 0.949. The number of aryl methyl sites for hydroxylation is 1. The van der Waals surface area contributed by atoms with Gasteiger partial charge in [0.15, 0.2) is 0 Å². The van der Waals surface area contributed by atoms with Crippen LogP contribution in [0, 0.1) is 22.9 Å². The quantitative estimate of drug-likeness (QED) is 0.625. The minimum absolute atomic E-state index is 0.164. The van der Waals surface area contributed by atoms with Crippen molar-refractivity contribution in [3.05, 3.63) is 45.9 Å². The van der Waals surface area contributed by atoms with Gasteiger partial charge < -0.3 is 0 Å². The van der Waals surface area contributed by atoms with Crippen LogP contribution in [-0.2, 0) is 0 Å². The maximum Gasteiger partial charge on any atom is 0.314 e. The van der Waals surface area contributed by atoms with Gasteiger partial charge in [-0.3, -0.25) is 15.2 Å². The van der Waals surface area contributed by atoms with Crippen molar-refractivity contribution in [3.63, 3.8) is 0 Å². The lowest BCUT2D eigenvalue weighted by Crippen LogP contribution is -1.90. The van der Waals surface area contributed by atoms with Crippen molar-refractivity contribution in [2.24, 2.45) is 0 Å². The summed E-state index contributed by atoms with van der Waals surface area (Å²) < 4.78 is 13.3. The molecule has 6 heteroatoms. The van der Waals surface area contributed by atoms with Crippen molar-refractivity contribution >= 4 is 5.69 Å². The number of halogens is 1. The predicted octanol–water partition coefficient (Wildman–Crippen LogP) is 2.43. The maximum atomic E-state index is 13.3. The molecule has 5 nitrogen and oxygen atoms in total. The van der Waals surface area contributed by atoms with E-state index in [2.05, 4.69) is 10.2 Å². The van der Waals surface area contributed by atoms with Gasteiger partial charge in [0.25, 0.3) is 0 Å². The van der Waals surface area contributed by atoms with E-state index in [-0.39, 0.29) is 11.4 Å². The molecule has 0 saturated carbocycles. The summed E-state index contributed by atoms with van der Waals surface area (Å²) in [6.07, 6.45) is 1.10. The summed E-state index contributed by atoms with van der Waals surface area (Å²) in [5.74, 6) is -0.401. The third kappa shape index (κ3) is 1.65. The summed E-state index contributed by atoms with van der Waals surface area (Å²) in [5, 5.41) is 16.7. The van der Waals surface area contributed by atoms with Crippen LogP contribution >= 0.6 is 0 Å². The summed E-state index contributed by atoms with van der Waals surface area (Å²) >= 11 is 0. The van der Waals surface area contributed by atoms with Gasteiger partial charge in [0.2, 0.25) is 0 Å². The molecule has 0 unspecified atom stereocenters. The lowest BCUT2D eigenvalue weighted by molar-refractivity contribution is -0.384. The SMILES string of the molecule is Cc1ccc(-c2[nH]ncc2[N+](=O)[O-])cc1F. The number of nitrogens with zero attached hydrogens (tertiary/aromatic N) is 2. The Morgan fingerprint density at radius 3 is 2.88 bits per heavy atom. The van der Waals surface area contributed by atoms with Crippen LogP contribution in [0.5, 0.6) is 0 Å². The third-order valence-electron chi connectivity index (χ3n) is 2.28. The zero-order valence-electron chi connectivity index (χ0n) is 8.40. The Morgan fingerprint density at radius 1 is 1.50 bits per heavy atom. The molecule has 1 N–H and O–H groups in total. The van der Waals surface area contributed by atoms with Crippen LogP contribution in [0.15, 0.2) is 24.4 Å². The standard InChI is InChI=1S/C10H8FN3O2/c1-6-2-3-7(4-8(6)11)10-9(14(15)16)5-12-13-10/h2-5H,1H3,(H,12,13). The number of nitro groups is 1. The molecule has 16 heavy (non-hydrogen) atoms. The van der Waals surface area contributed by atoms with E-state index < -0.39 is 10.7 Å². The average molecular weight is 221 g/mol. The molecule has 0 atom stereocenters. The van der Waals surface area contributed by atoms with E-state index in [0.717, 1.165) is 6.20 Å². The molecular formula is C10H8FN3O2. The molecule has 0 aliphatic rings. The Morgan fingerprint density at radius 2 is 2.25 bits per heavy atom. The molecule has 0 radical (unpaired) electrons. The molecule has 0 aliphatic carbocycles. The largest absolute Gasteiger partial charge is 0.314 e. The maximum absolute atomic E-state index is 13.3.